The van der Waals surface area contributed by atoms with E-state index in [2.05, 4.69) is 51.0 Å². The molecule has 0 radical (unpaired) electrons. The second-order valence-electron chi connectivity index (χ2n) is 4.27. The summed E-state index contributed by atoms with van der Waals surface area (Å²) in [7, 11) is 2.11. The van der Waals surface area contributed by atoms with E-state index < -0.39 is 0 Å². The zero-order chi connectivity index (χ0) is 13.1. The molecule has 5 heteroatoms. The van der Waals surface area contributed by atoms with Gasteiger partial charge in [-0.3, -0.25) is 9.97 Å². The minimum atomic E-state index is 0.469. The first-order chi connectivity index (χ1) is 8.63. The highest BCUT2D eigenvalue weighted by Crippen LogP contribution is 2.26. The van der Waals surface area contributed by atoms with Gasteiger partial charge in [0.05, 0.1) is 11.2 Å². The van der Waals surface area contributed by atoms with Gasteiger partial charge in [0.2, 0.25) is 0 Å². The molecule has 0 aliphatic carbocycles. The minimum absolute atomic E-state index is 0.469. The van der Waals surface area contributed by atoms with Crippen molar-refractivity contribution < 1.29 is 0 Å². The van der Waals surface area contributed by atoms with Gasteiger partial charge in [0.1, 0.15) is 5.52 Å². The summed E-state index contributed by atoms with van der Waals surface area (Å²) in [4.78, 5) is 11.1. The Balaban J connectivity index is 2.44. The van der Waals surface area contributed by atoms with Crippen LogP contribution in [-0.4, -0.2) is 35.1 Å². The first kappa shape index (κ1) is 13.6. The van der Waals surface area contributed by atoms with E-state index in [0.717, 1.165) is 26.9 Å². The summed E-state index contributed by atoms with van der Waals surface area (Å²) >= 11 is 5.28. The van der Waals surface area contributed by atoms with Crippen molar-refractivity contribution in [2.24, 2.45) is 0 Å². The third kappa shape index (κ3) is 2.78. The van der Waals surface area contributed by atoms with Crippen LogP contribution in [0.5, 0.6) is 0 Å². The van der Waals surface area contributed by atoms with Crippen LogP contribution in [0.2, 0.25) is 0 Å². The van der Waals surface area contributed by atoms with Crippen molar-refractivity contribution >= 4 is 44.4 Å². The van der Waals surface area contributed by atoms with E-state index in [1.165, 1.54) is 0 Å². The Bertz CT molecular complexity index is 547. The quantitative estimate of drug-likeness (QED) is 0.859. The molecule has 2 aromatic heterocycles. The third-order valence-corrected chi connectivity index (χ3v) is 4.22. The highest BCUT2D eigenvalue weighted by Gasteiger charge is 2.13. The standard InChI is InChI=1S/C13H16BrN3S/c1-9(8-18-3)17(2)12-4-5-15-11-6-10(14)7-16-13(11)12/h4-7,9H,8H2,1-3H3. The summed E-state index contributed by atoms with van der Waals surface area (Å²) in [5.74, 6) is 1.09. The maximum absolute atomic E-state index is 4.49. The third-order valence-electron chi connectivity index (χ3n) is 2.97. The van der Waals surface area contributed by atoms with Crippen LogP contribution >= 0.6 is 27.7 Å². The molecule has 96 valence electrons. The van der Waals surface area contributed by atoms with Gasteiger partial charge in [-0.25, -0.2) is 0 Å². The van der Waals surface area contributed by atoms with Gasteiger partial charge < -0.3 is 4.90 Å². The summed E-state index contributed by atoms with van der Waals surface area (Å²) in [6.07, 6.45) is 5.79. The lowest BCUT2D eigenvalue weighted by atomic mass is 10.2. The Morgan fingerprint density at radius 2 is 2.22 bits per heavy atom. The maximum atomic E-state index is 4.49. The molecule has 2 heterocycles. The van der Waals surface area contributed by atoms with Crippen molar-refractivity contribution in [1.82, 2.24) is 9.97 Å². The number of halogens is 1. The van der Waals surface area contributed by atoms with Gasteiger partial charge in [0, 0.05) is 35.7 Å². The van der Waals surface area contributed by atoms with E-state index in [0.29, 0.717) is 6.04 Å². The molecule has 2 aromatic rings. The number of fused-ring (bicyclic) bond motifs is 1. The number of rotatable bonds is 4. The van der Waals surface area contributed by atoms with Crippen molar-refractivity contribution in [3.05, 3.63) is 29.0 Å². The number of anilines is 1. The highest BCUT2D eigenvalue weighted by atomic mass is 79.9. The van der Waals surface area contributed by atoms with Crippen molar-refractivity contribution in [3.8, 4) is 0 Å². The lowest BCUT2D eigenvalue weighted by molar-refractivity contribution is 0.767. The Labute approximate surface area is 120 Å². The summed E-state index contributed by atoms with van der Waals surface area (Å²) in [5, 5.41) is 0. The van der Waals surface area contributed by atoms with Crippen LogP contribution in [0.4, 0.5) is 5.69 Å². The Hall–Kier alpha value is -0.810. The molecule has 0 bridgehead atoms. The first-order valence-electron chi connectivity index (χ1n) is 5.75. The SMILES string of the molecule is CSCC(C)N(C)c1ccnc2cc(Br)cnc12. The van der Waals surface area contributed by atoms with Crippen LogP contribution < -0.4 is 4.90 Å². The fourth-order valence-corrected chi connectivity index (χ4v) is 2.89. The topological polar surface area (TPSA) is 29.0 Å². The average Bonchev–Trinajstić information content (AvgIpc) is 2.37. The van der Waals surface area contributed by atoms with Gasteiger partial charge in [-0.1, -0.05) is 0 Å². The summed E-state index contributed by atoms with van der Waals surface area (Å²) in [6, 6.07) is 4.50. The molecule has 0 saturated heterocycles. The number of aromatic nitrogens is 2. The molecule has 18 heavy (non-hydrogen) atoms. The van der Waals surface area contributed by atoms with E-state index in [1.807, 2.05) is 36.3 Å². The fraction of sp³-hybridized carbons (Fsp3) is 0.385. The Morgan fingerprint density at radius 3 is 2.94 bits per heavy atom. The predicted molar refractivity (Wildman–Crippen MR) is 83.5 cm³/mol. The van der Waals surface area contributed by atoms with Crippen LogP contribution in [0.15, 0.2) is 29.0 Å². The normalized spacial score (nSPS) is 12.7. The average molecular weight is 326 g/mol. The monoisotopic (exact) mass is 325 g/mol. The van der Waals surface area contributed by atoms with Gasteiger partial charge in [-0.2, -0.15) is 11.8 Å². The molecular formula is C13H16BrN3S. The van der Waals surface area contributed by atoms with E-state index in [-0.39, 0.29) is 0 Å². The maximum Gasteiger partial charge on any atom is 0.112 e. The van der Waals surface area contributed by atoms with Crippen LogP contribution in [0.1, 0.15) is 6.92 Å². The smallest absolute Gasteiger partial charge is 0.112 e. The minimum Gasteiger partial charge on any atom is -0.369 e. The number of pyridine rings is 2. The molecule has 1 unspecified atom stereocenters. The number of hydrogen-bond donors (Lipinski definition) is 0. The van der Waals surface area contributed by atoms with Gasteiger partial charge in [0.15, 0.2) is 0 Å². The van der Waals surface area contributed by atoms with Gasteiger partial charge in [0.25, 0.3) is 0 Å². The highest BCUT2D eigenvalue weighted by molar-refractivity contribution is 9.10. The molecule has 0 amide bonds. The molecule has 0 aliphatic heterocycles. The fourth-order valence-electron chi connectivity index (χ4n) is 1.87. The predicted octanol–water partition coefficient (Wildman–Crippen LogP) is 3.58. The van der Waals surface area contributed by atoms with E-state index in [4.69, 9.17) is 0 Å². The lowest BCUT2D eigenvalue weighted by Gasteiger charge is -2.27. The van der Waals surface area contributed by atoms with Crippen molar-refractivity contribution in [2.75, 3.05) is 24.0 Å². The van der Waals surface area contributed by atoms with Crippen LogP contribution in [0.25, 0.3) is 11.0 Å². The van der Waals surface area contributed by atoms with Crippen LogP contribution in [0.3, 0.4) is 0 Å². The van der Waals surface area contributed by atoms with Crippen LogP contribution in [0, 0.1) is 0 Å². The zero-order valence-electron chi connectivity index (χ0n) is 10.7. The molecule has 0 fully saturated rings. The number of hydrogen-bond acceptors (Lipinski definition) is 4. The van der Waals surface area contributed by atoms with E-state index in [1.54, 1.807) is 0 Å². The lowest BCUT2D eigenvalue weighted by Crippen LogP contribution is -2.31. The molecule has 3 nitrogen and oxygen atoms in total. The number of nitrogens with zero attached hydrogens (tertiary/aromatic N) is 3. The van der Waals surface area contributed by atoms with E-state index >= 15 is 0 Å². The summed E-state index contributed by atoms with van der Waals surface area (Å²) < 4.78 is 0.958. The van der Waals surface area contributed by atoms with Crippen LogP contribution in [-0.2, 0) is 0 Å². The van der Waals surface area contributed by atoms with Crippen molar-refractivity contribution in [2.45, 2.75) is 13.0 Å². The second-order valence-corrected chi connectivity index (χ2v) is 6.09. The summed E-state index contributed by atoms with van der Waals surface area (Å²) in [6.45, 7) is 2.22. The van der Waals surface area contributed by atoms with E-state index in [9.17, 15) is 0 Å². The molecule has 0 aromatic carbocycles. The van der Waals surface area contributed by atoms with Crippen molar-refractivity contribution in [1.29, 1.82) is 0 Å². The van der Waals surface area contributed by atoms with Crippen molar-refractivity contribution in [3.63, 3.8) is 0 Å². The largest absolute Gasteiger partial charge is 0.369 e. The molecule has 0 spiro atoms. The van der Waals surface area contributed by atoms with Gasteiger partial charge >= 0.3 is 0 Å². The van der Waals surface area contributed by atoms with Gasteiger partial charge in [-0.05, 0) is 41.2 Å². The molecule has 2 rings (SSSR count). The molecule has 0 N–H and O–H groups in total. The molecule has 0 saturated carbocycles. The van der Waals surface area contributed by atoms with Gasteiger partial charge in [-0.15, -0.1) is 0 Å². The zero-order valence-corrected chi connectivity index (χ0v) is 13.1. The number of thioether (sulfide) groups is 1. The molecule has 0 aliphatic rings. The molecular weight excluding hydrogens is 310 g/mol. The molecule has 1 atom stereocenters. The first-order valence-corrected chi connectivity index (χ1v) is 7.94. The Morgan fingerprint density at radius 1 is 1.44 bits per heavy atom. The second kappa shape index (κ2) is 5.89. The summed E-state index contributed by atoms with van der Waals surface area (Å²) in [5.41, 5.74) is 3.01. The Kier molecular flexibility index (Phi) is 4.45.